The molecule has 1 aliphatic heterocycles. The van der Waals surface area contributed by atoms with E-state index in [1.54, 1.807) is 6.92 Å². The minimum absolute atomic E-state index is 0.0203. The molecule has 0 aliphatic carbocycles. The summed E-state index contributed by atoms with van der Waals surface area (Å²) < 4.78 is 26.7. The summed E-state index contributed by atoms with van der Waals surface area (Å²) in [6.45, 7) is 3.35. The van der Waals surface area contributed by atoms with Gasteiger partial charge >= 0.3 is 0 Å². The lowest BCUT2D eigenvalue weighted by molar-refractivity contribution is 0.428. The highest BCUT2D eigenvalue weighted by Crippen LogP contribution is 2.13. The zero-order chi connectivity index (χ0) is 11.6. The molecule has 1 saturated heterocycles. The number of rotatable bonds is 3. The predicted molar refractivity (Wildman–Crippen MR) is 59.5 cm³/mol. The van der Waals surface area contributed by atoms with E-state index in [2.05, 4.69) is 20.2 Å². The fraction of sp³-hybridized carbons (Fsp3) is 0.667. The maximum absolute atomic E-state index is 12.0. The number of aryl methyl sites for hydroxylation is 1. The van der Waals surface area contributed by atoms with Crippen LogP contribution in [-0.4, -0.2) is 37.7 Å². The number of nitrogens with zero attached hydrogens (tertiary/aromatic N) is 1. The van der Waals surface area contributed by atoms with Gasteiger partial charge in [0.1, 0.15) is 4.90 Å². The Morgan fingerprint density at radius 2 is 2.38 bits per heavy atom. The van der Waals surface area contributed by atoms with E-state index in [0.29, 0.717) is 12.2 Å². The summed E-state index contributed by atoms with van der Waals surface area (Å²) in [7, 11) is -3.43. The topological polar surface area (TPSA) is 86.9 Å². The maximum Gasteiger partial charge on any atom is 0.244 e. The van der Waals surface area contributed by atoms with Crippen LogP contribution in [0.4, 0.5) is 0 Å². The lowest BCUT2D eigenvalue weighted by Gasteiger charge is -2.23. The predicted octanol–water partition coefficient (Wildman–Crippen LogP) is -0.252. The molecule has 16 heavy (non-hydrogen) atoms. The molecule has 0 spiro atoms. The third-order valence-corrected chi connectivity index (χ3v) is 4.33. The normalized spacial score (nSPS) is 22.2. The van der Waals surface area contributed by atoms with Crippen LogP contribution < -0.4 is 10.0 Å². The zero-order valence-corrected chi connectivity index (χ0v) is 9.97. The first-order valence-electron chi connectivity index (χ1n) is 5.32. The molecule has 1 fully saturated rings. The molecule has 0 saturated carbocycles. The van der Waals surface area contributed by atoms with Crippen molar-refractivity contribution in [2.24, 2.45) is 0 Å². The van der Waals surface area contributed by atoms with Crippen LogP contribution in [0.1, 0.15) is 18.5 Å². The summed E-state index contributed by atoms with van der Waals surface area (Å²) in [6.07, 6.45) is 3.22. The van der Waals surface area contributed by atoms with Gasteiger partial charge in [-0.1, -0.05) is 0 Å². The first kappa shape index (κ1) is 11.6. The molecule has 0 amide bonds. The molecule has 3 N–H and O–H groups in total. The quantitative estimate of drug-likeness (QED) is 0.684. The summed E-state index contributed by atoms with van der Waals surface area (Å²) in [5.41, 5.74) is 0.566. The molecule has 7 heteroatoms. The highest BCUT2D eigenvalue weighted by atomic mass is 32.2. The van der Waals surface area contributed by atoms with E-state index in [9.17, 15) is 8.42 Å². The van der Waals surface area contributed by atoms with E-state index < -0.39 is 10.0 Å². The highest BCUT2D eigenvalue weighted by molar-refractivity contribution is 7.89. The minimum Gasteiger partial charge on any atom is -0.315 e. The Hall–Kier alpha value is -0.920. The van der Waals surface area contributed by atoms with E-state index in [1.165, 1.54) is 6.20 Å². The molecule has 2 heterocycles. The van der Waals surface area contributed by atoms with Crippen LogP contribution in [0.3, 0.4) is 0 Å². The van der Waals surface area contributed by atoms with Crippen LogP contribution in [0, 0.1) is 6.92 Å². The highest BCUT2D eigenvalue weighted by Gasteiger charge is 2.23. The second kappa shape index (κ2) is 4.52. The van der Waals surface area contributed by atoms with E-state index in [1.807, 2.05) is 0 Å². The molecule has 90 valence electrons. The first-order chi connectivity index (χ1) is 7.59. The van der Waals surface area contributed by atoms with Crippen molar-refractivity contribution in [2.45, 2.75) is 30.7 Å². The van der Waals surface area contributed by atoms with Crippen molar-refractivity contribution in [2.75, 3.05) is 13.1 Å². The minimum atomic E-state index is -3.43. The molecule has 0 radical (unpaired) electrons. The number of sulfonamides is 1. The Bertz CT molecular complexity index is 448. The van der Waals surface area contributed by atoms with E-state index >= 15 is 0 Å². The SMILES string of the molecule is Cc1[nH]ncc1S(=O)(=O)N[C@@H]1CCCNC1. The van der Waals surface area contributed by atoms with Gasteiger partial charge in [0.05, 0.1) is 11.9 Å². The van der Waals surface area contributed by atoms with Crippen molar-refractivity contribution in [3.63, 3.8) is 0 Å². The van der Waals surface area contributed by atoms with Crippen LogP contribution in [0.15, 0.2) is 11.1 Å². The Morgan fingerprint density at radius 1 is 1.56 bits per heavy atom. The molecule has 1 aromatic rings. The number of aromatic amines is 1. The van der Waals surface area contributed by atoms with Crippen molar-refractivity contribution in [3.8, 4) is 0 Å². The number of hydrogen-bond donors (Lipinski definition) is 3. The van der Waals surface area contributed by atoms with Gasteiger partial charge in [-0.2, -0.15) is 5.10 Å². The van der Waals surface area contributed by atoms with Crippen molar-refractivity contribution in [1.82, 2.24) is 20.2 Å². The van der Waals surface area contributed by atoms with Gasteiger partial charge < -0.3 is 5.32 Å². The number of H-pyrrole nitrogens is 1. The molecule has 1 atom stereocenters. The average molecular weight is 244 g/mol. The Kier molecular flexibility index (Phi) is 3.27. The third kappa shape index (κ3) is 2.42. The number of aromatic nitrogens is 2. The van der Waals surface area contributed by atoms with Crippen LogP contribution in [0.25, 0.3) is 0 Å². The van der Waals surface area contributed by atoms with E-state index in [4.69, 9.17) is 0 Å². The monoisotopic (exact) mass is 244 g/mol. The lowest BCUT2D eigenvalue weighted by Crippen LogP contribution is -2.45. The number of hydrogen-bond acceptors (Lipinski definition) is 4. The fourth-order valence-electron chi connectivity index (χ4n) is 1.85. The smallest absolute Gasteiger partial charge is 0.244 e. The Labute approximate surface area is 94.9 Å². The van der Waals surface area contributed by atoms with Gasteiger partial charge in [0.25, 0.3) is 0 Å². The summed E-state index contributed by atoms with van der Waals surface area (Å²) >= 11 is 0. The van der Waals surface area contributed by atoms with Crippen molar-refractivity contribution in [1.29, 1.82) is 0 Å². The van der Waals surface area contributed by atoms with Gasteiger partial charge in [-0.25, -0.2) is 13.1 Å². The average Bonchev–Trinajstić information content (AvgIpc) is 2.66. The molecule has 0 aromatic carbocycles. The van der Waals surface area contributed by atoms with Gasteiger partial charge in [0.2, 0.25) is 10.0 Å². The van der Waals surface area contributed by atoms with Gasteiger partial charge in [0, 0.05) is 12.6 Å². The van der Waals surface area contributed by atoms with Crippen molar-refractivity contribution in [3.05, 3.63) is 11.9 Å². The molecule has 0 unspecified atom stereocenters. The van der Waals surface area contributed by atoms with E-state index in [0.717, 1.165) is 19.4 Å². The van der Waals surface area contributed by atoms with Crippen molar-refractivity contribution < 1.29 is 8.42 Å². The Balaban J connectivity index is 2.11. The molecule has 1 aromatic heterocycles. The van der Waals surface area contributed by atoms with Gasteiger partial charge in [0.15, 0.2) is 0 Å². The van der Waals surface area contributed by atoms with E-state index in [-0.39, 0.29) is 10.9 Å². The summed E-state index contributed by atoms with van der Waals surface area (Å²) in [4.78, 5) is 0.234. The standard InChI is InChI=1S/C9H16N4O2S/c1-7-9(6-11-12-7)16(14,15)13-8-3-2-4-10-5-8/h6,8,10,13H,2-5H2,1H3,(H,11,12)/t8-/m1/s1. The van der Waals surface area contributed by atoms with Crippen LogP contribution >= 0.6 is 0 Å². The number of piperidine rings is 1. The van der Waals surface area contributed by atoms with Crippen LogP contribution in [0.2, 0.25) is 0 Å². The molecule has 2 rings (SSSR count). The first-order valence-corrected chi connectivity index (χ1v) is 6.81. The lowest BCUT2D eigenvalue weighted by atomic mass is 10.1. The maximum atomic E-state index is 12.0. The Morgan fingerprint density at radius 3 is 2.94 bits per heavy atom. The van der Waals surface area contributed by atoms with Gasteiger partial charge in [-0.05, 0) is 26.3 Å². The third-order valence-electron chi connectivity index (χ3n) is 2.69. The number of nitrogens with one attached hydrogen (secondary N) is 3. The molecule has 1 aliphatic rings. The second-order valence-corrected chi connectivity index (χ2v) is 5.71. The van der Waals surface area contributed by atoms with Crippen molar-refractivity contribution >= 4 is 10.0 Å². The van der Waals surface area contributed by atoms with Gasteiger partial charge in [-0.3, -0.25) is 5.10 Å². The molecule has 6 nitrogen and oxygen atoms in total. The molecule has 0 bridgehead atoms. The molecular weight excluding hydrogens is 228 g/mol. The zero-order valence-electron chi connectivity index (χ0n) is 9.16. The fourth-order valence-corrected chi connectivity index (χ4v) is 3.25. The summed E-state index contributed by atoms with van der Waals surface area (Å²) in [5, 5.41) is 9.52. The largest absolute Gasteiger partial charge is 0.315 e. The van der Waals surface area contributed by atoms with Crippen LogP contribution in [0.5, 0.6) is 0 Å². The van der Waals surface area contributed by atoms with Crippen LogP contribution in [-0.2, 0) is 10.0 Å². The second-order valence-electron chi connectivity index (χ2n) is 4.02. The van der Waals surface area contributed by atoms with Gasteiger partial charge in [-0.15, -0.1) is 0 Å². The summed E-state index contributed by atoms with van der Waals surface area (Å²) in [5.74, 6) is 0. The summed E-state index contributed by atoms with van der Waals surface area (Å²) in [6, 6.07) is -0.0203. The molecular formula is C9H16N4O2S.